The van der Waals surface area contributed by atoms with Gasteiger partial charge in [-0.25, -0.2) is 8.42 Å². The van der Waals surface area contributed by atoms with Gasteiger partial charge in [0.2, 0.25) is 0 Å². The molecule has 1 aromatic carbocycles. The second-order valence-electron chi connectivity index (χ2n) is 5.79. The summed E-state index contributed by atoms with van der Waals surface area (Å²) in [6, 6.07) is 7.33. The van der Waals surface area contributed by atoms with Gasteiger partial charge in [0, 0.05) is 25.0 Å². The van der Waals surface area contributed by atoms with E-state index in [0.29, 0.717) is 10.3 Å². The second kappa shape index (κ2) is 3.98. The Morgan fingerprint density at radius 2 is 1.78 bits per heavy atom. The minimum Gasteiger partial charge on any atom is -0.371 e. The van der Waals surface area contributed by atoms with E-state index in [0.717, 1.165) is 18.8 Å². The van der Waals surface area contributed by atoms with Gasteiger partial charge in [0.15, 0.2) is 9.84 Å². The number of nitrogens with zero attached hydrogens (tertiary/aromatic N) is 1. The van der Waals surface area contributed by atoms with Crippen molar-refractivity contribution in [1.29, 1.82) is 0 Å². The molecule has 3 nitrogen and oxygen atoms in total. The zero-order chi connectivity index (χ0) is 12.8. The molecule has 0 radical (unpaired) electrons. The van der Waals surface area contributed by atoms with Crippen LogP contribution in [0.1, 0.15) is 25.7 Å². The number of sulfone groups is 1. The first kappa shape index (κ1) is 12.0. The van der Waals surface area contributed by atoms with Crippen LogP contribution in [0.5, 0.6) is 0 Å². The lowest BCUT2D eigenvalue weighted by Gasteiger charge is -2.34. The van der Waals surface area contributed by atoms with E-state index in [1.165, 1.54) is 31.9 Å². The monoisotopic (exact) mass is 265 g/mol. The molecule has 18 heavy (non-hydrogen) atoms. The van der Waals surface area contributed by atoms with E-state index < -0.39 is 9.84 Å². The fourth-order valence-electron chi connectivity index (χ4n) is 2.92. The average molecular weight is 265 g/mol. The van der Waals surface area contributed by atoms with Crippen LogP contribution in [0.3, 0.4) is 0 Å². The summed E-state index contributed by atoms with van der Waals surface area (Å²) in [5.41, 5.74) is 1.75. The van der Waals surface area contributed by atoms with Crippen LogP contribution in [0.4, 0.5) is 5.69 Å². The summed E-state index contributed by atoms with van der Waals surface area (Å²) in [5.74, 6) is 0. The van der Waals surface area contributed by atoms with Crippen molar-refractivity contribution in [2.45, 2.75) is 30.6 Å². The summed E-state index contributed by atoms with van der Waals surface area (Å²) in [6.45, 7) is 2.24. The van der Waals surface area contributed by atoms with Crippen LogP contribution >= 0.6 is 0 Å². The molecule has 1 aromatic rings. The molecule has 1 saturated carbocycles. The Hall–Kier alpha value is -1.03. The van der Waals surface area contributed by atoms with Crippen molar-refractivity contribution in [3.8, 4) is 0 Å². The second-order valence-corrected chi connectivity index (χ2v) is 7.81. The molecule has 3 rings (SSSR count). The van der Waals surface area contributed by atoms with Gasteiger partial charge in [-0.05, 0) is 55.4 Å². The normalized spacial score (nSPS) is 22.2. The Morgan fingerprint density at radius 3 is 2.33 bits per heavy atom. The van der Waals surface area contributed by atoms with E-state index in [1.807, 2.05) is 12.1 Å². The zero-order valence-electron chi connectivity index (χ0n) is 10.7. The molecule has 1 saturated heterocycles. The maximum absolute atomic E-state index is 11.4. The maximum atomic E-state index is 11.4. The molecule has 0 bridgehead atoms. The van der Waals surface area contributed by atoms with Crippen LogP contribution in [-0.4, -0.2) is 27.8 Å². The van der Waals surface area contributed by atoms with Gasteiger partial charge in [0.1, 0.15) is 0 Å². The molecule has 1 aliphatic carbocycles. The Kier molecular flexibility index (Phi) is 2.66. The van der Waals surface area contributed by atoms with Gasteiger partial charge in [-0.1, -0.05) is 0 Å². The summed E-state index contributed by atoms with van der Waals surface area (Å²) in [7, 11) is -3.08. The molecule has 1 aliphatic heterocycles. The van der Waals surface area contributed by atoms with E-state index in [-0.39, 0.29) is 0 Å². The highest BCUT2D eigenvalue weighted by Gasteiger charge is 2.45. The van der Waals surface area contributed by atoms with Gasteiger partial charge in [-0.15, -0.1) is 0 Å². The van der Waals surface area contributed by atoms with E-state index in [9.17, 15) is 8.42 Å². The van der Waals surface area contributed by atoms with Crippen LogP contribution in [0, 0.1) is 5.41 Å². The SMILES string of the molecule is CS(=O)(=O)c1ccc(N2CCCC3(CC3)C2)cc1. The van der Waals surface area contributed by atoms with Crippen LogP contribution in [0.2, 0.25) is 0 Å². The highest BCUT2D eigenvalue weighted by atomic mass is 32.2. The molecule has 0 amide bonds. The molecule has 98 valence electrons. The van der Waals surface area contributed by atoms with Gasteiger partial charge in [-0.3, -0.25) is 0 Å². The molecule has 0 aromatic heterocycles. The molecular weight excluding hydrogens is 246 g/mol. The van der Waals surface area contributed by atoms with Crippen LogP contribution in [-0.2, 0) is 9.84 Å². The third kappa shape index (κ3) is 2.26. The number of anilines is 1. The average Bonchev–Trinajstić information content (AvgIpc) is 3.08. The van der Waals surface area contributed by atoms with Gasteiger partial charge >= 0.3 is 0 Å². The number of hydrogen-bond acceptors (Lipinski definition) is 3. The van der Waals surface area contributed by atoms with Crippen molar-refractivity contribution in [3.05, 3.63) is 24.3 Å². The highest BCUT2D eigenvalue weighted by Crippen LogP contribution is 2.52. The molecule has 4 heteroatoms. The maximum Gasteiger partial charge on any atom is 0.175 e. The first-order chi connectivity index (χ1) is 8.49. The molecule has 0 atom stereocenters. The van der Waals surface area contributed by atoms with Crippen molar-refractivity contribution in [1.82, 2.24) is 0 Å². The summed E-state index contributed by atoms with van der Waals surface area (Å²) in [4.78, 5) is 2.81. The lowest BCUT2D eigenvalue weighted by molar-refractivity contribution is 0.395. The lowest BCUT2D eigenvalue weighted by atomic mass is 9.95. The number of piperidine rings is 1. The largest absolute Gasteiger partial charge is 0.371 e. The highest BCUT2D eigenvalue weighted by molar-refractivity contribution is 7.90. The molecular formula is C14H19NO2S. The zero-order valence-corrected chi connectivity index (χ0v) is 11.5. The molecule has 2 aliphatic rings. The molecule has 0 N–H and O–H groups in total. The van der Waals surface area contributed by atoms with Crippen molar-refractivity contribution in [2.75, 3.05) is 24.2 Å². The third-order valence-corrected chi connectivity index (χ3v) is 5.38. The quantitative estimate of drug-likeness (QED) is 0.824. The molecule has 1 spiro atoms. The van der Waals surface area contributed by atoms with Gasteiger partial charge in [0.25, 0.3) is 0 Å². The lowest BCUT2D eigenvalue weighted by Crippen LogP contribution is -2.36. The first-order valence-electron chi connectivity index (χ1n) is 6.54. The van der Waals surface area contributed by atoms with Crippen LogP contribution < -0.4 is 4.90 Å². The number of rotatable bonds is 2. The van der Waals surface area contributed by atoms with E-state index >= 15 is 0 Å². The minimum absolute atomic E-state index is 0.407. The van der Waals surface area contributed by atoms with E-state index in [4.69, 9.17) is 0 Å². The molecule has 2 fully saturated rings. The number of hydrogen-bond donors (Lipinski definition) is 0. The molecule has 1 heterocycles. The first-order valence-corrected chi connectivity index (χ1v) is 8.43. The smallest absolute Gasteiger partial charge is 0.175 e. The topological polar surface area (TPSA) is 37.4 Å². The predicted molar refractivity (Wildman–Crippen MR) is 72.7 cm³/mol. The minimum atomic E-state index is -3.08. The summed E-state index contributed by atoms with van der Waals surface area (Å²) < 4.78 is 22.8. The standard InChI is InChI=1S/C14H19NO2S/c1-18(16,17)13-5-3-12(4-6-13)15-10-2-7-14(11-15)8-9-14/h3-6H,2,7-11H2,1H3. The van der Waals surface area contributed by atoms with E-state index in [2.05, 4.69) is 4.90 Å². The van der Waals surface area contributed by atoms with Gasteiger partial charge in [-0.2, -0.15) is 0 Å². The Morgan fingerprint density at radius 1 is 1.11 bits per heavy atom. The van der Waals surface area contributed by atoms with Crippen molar-refractivity contribution >= 4 is 15.5 Å². The van der Waals surface area contributed by atoms with Crippen LogP contribution in [0.25, 0.3) is 0 Å². The Bertz CT molecular complexity index is 544. The van der Waals surface area contributed by atoms with Gasteiger partial charge in [0.05, 0.1) is 4.90 Å². The van der Waals surface area contributed by atoms with Crippen molar-refractivity contribution in [2.24, 2.45) is 5.41 Å². The van der Waals surface area contributed by atoms with Crippen molar-refractivity contribution in [3.63, 3.8) is 0 Å². The predicted octanol–water partition coefficient (Wildman–Crippen LogP) is 2.47. The van der Waals surface area contributed by atoms with Gasteiger partial charge < -0.3 is 4.90 Å². The molecule has 0 unspecified atom stereocenters. The Labute approximate surface area is 109 Å². The fraction of sp³-hybridized carbons (Fsp3) is 0.571. The Balaban J connectivity index is 1.80. The summed E-state index contributed by atoms with van der Waals surface area (Å²) in [5, 5.41) is 0. The summed E-state index contributed by atoms with van der Waals surface area (Å²) in [6.07, 6.45) is 6.61. The summed E-state index contributed by atoms with van der Waals surface area (Å²) >= 11 is 0. The van der Waals surface area contributed by atoms with E-state index in [1.54, 1.807) is 12.1 Å². The van der Waals surface area contributed by atoms with Crippen LogP contribution in [0.15, 0.2) is 29.2 Å². The fourth-order valence-corrected chi connectivity index (χ4v) is 3.55. The third-order valence-electron chi connectivity index (χ3n) is 4.25. The number of benzene rings is 1. The van der Waals surface area contributed by atoms with Crippen molar-refractivity contribution < 1.29 is 8.42 Å².